The van der Waals surface area contributed by atoms with Crippen molar-refractivity contribution in [3.63, 3.8) is 0 Å². The molecule has 23 heavy (non-hydrogen) atoms. The molecule has 0 spiro atoms. The van der Waals surface area contributed by atoms with Gasteiger partial charge in [-0.2, -0.15) is 5.26 Å². The number of likely N-dealkylation sites (tertiary alicyclic amines) is 1. The van der Waals surface area contributed by atoms with Crippen LogP contribution < -0.4 is 0 Å². The van der Waals surface area contributed by atoms with Gasteiger partial charge in [-0.3, -0.25) is 4.90 Å². The molecule has 2 aliphatic rings. The van der Waals surface area contributed by atoms with Crippen molar-refractivity contribution in [1.82, 2.24) is 4.90 Å². The van der Waals surface area contributed by atoms with Crippen molar-refractivity contribution in [2.45, 2.75) is 64.0 Å². The Bertz CT molecular complexity index is 494. The van der Waals surface area contributed by atoms with Gasteiger partial charge in [0, 0.05) is 25.6 Å². The lowest BCUT2D eigenvalue weighted by Gasteiger charge is -2.51. The fourth-order valence-corrected chi connectivity index (χ4v) is 3.66. The Morgan fingerprint density at radius 1 is 1.13 bits per heavy atom. The highest BCUT2D eigenvalue weighted by atomic mass is 16.3. The summed E-state index contributed by atoms with van der Waals surface area (Å²) in [6.07, 6.45) is 6.64. The zero-order chi connectivity index (χ0) is 16.7. The van der Waals surface area contributed by atoms with Crippen LogP contribution >= 0.6 is 0 Å². The maximum Gasteiger partial charge on any atom is 0.115 e. The van der Waals surface area contributed by atoms with Gasteiger partial charge in [-0.25, -0.2) is 0 Å². The summed E-state index contributed by atoms with van der Waals surface area (Å²) in [5.41, 5.74) is 0.388. The average molecular weight is 314 g/mol. The fourth-order valence-electron chi connectivity index (χ4n) is 3.66. The number of aliphatic hydroxyl groups is 1. The Labute approximate surface area is 140 Å². The molecular formula is C20H30N2O. The van der Waals surface area contributed by atoms with Gasteiger partial charge in [-0.15, -0.1) is 0 Å². The van der Waals surface area contributed by atoms with Crippen LogP contribution in [0.1, 0.15) is 57.9 Å². The predicted molar refractivity (Wildman–Crippen MR) is 93.9 cm³/mol. The van der Waals surface area contributed by atoms with Crippen molar-refractivity contribution < 1.29 is 5.11 Å². The first-order valence-corrected chi connectivity index (χ1v) is 9.01. The van der Waals surface area contributed by atoms with Crippen LogP contribution in [0.25, 0.3) is 0 Å². The molecule has 0 unspecified atom stereocenters. The average Bonchev–Trinajstić information content (AvgIpc) is 2.55. The van der Waals surface area contributed by atoms with E-state index in [-0.39, 0.29) is 0 Å². The Morgan fingerprint density at radius 3 is 2.22 bits per heavy atom. The molecule has 1 saturated heterocycles. The van der Waals surface area contributed by atoms with Crippen molar-refractivity contribution in [2.24, 2.45) is 5.92 Å². The van der Waals surface area contributed by atoms with Crippen LogP contribution in [0.2, 0.25) is 0 Å². The summed E-state index contributed by atoms with van der Waals surface area (Å²) >= 11 is 0. The Morgan fingerprint density at radius 2 is 1.70 bits per heavy atom. The summed E-state index contributed by atoms with van der Waals surface area (Å²) in [5, 5.41) is 19.4. The number of nitrogens with zero attached hydrogens (tertiary/aromatic N) is 2. The Kier molecular flexibility index (Phi) is 6.62. The van der Waals surface area contributed by atoms with E-state index in [0.717, 1.165) is 18.7 Å². The largest absolute Gasteiger partial charge is 0.382 e. The number of rotatable bonds is 3. The molecule has 2 fully saturated rings. The van der Waals surface area contributed by atoms with E-state index in [4.69, 9.17) is 5.26 Å². The smallest absolute Gasteiger partial charge is 0.115 e. The van der Waals surface area contributed by atoms with Crippen molar-refractivity contribution in [2.75, 3.05) is 13.1 Å². The standard InChI is InChI=1S/C17H22N2O.C3H8/c18-11-10-14-6-8-16(9-7-14)19-12-17(20,13-19)15-4-2-1-3-5-15;1-3-2/h1-5,14,16,20H,6-10,12-13H2;3H2,1-2H3. The highest BCUT2D eigenvalue weighted by Gasteiger charge is 2.45. The summed E-state index contributed by atoms with van der Waals surface area (Å²) in [7, 11) is 0. The van der Waals surface area contributed by atoms with E-state index >= 15 is 0 Å². The summed E-state index contributed by atoms with van der Waals surface area (Å²) in [4.78, 5) is 2.41. The molecule has 1 aliphatic carbocycles. The number of hydrogen-bond acceptors (Lipinski definition) is 3. The molecule has 1 N–H and O–H groups in total. The molecule has 1 heterocycles. The third kappa shape index (κ3) is 4.56. The fraction of sp³-hybridized carbons (Fsp3) is 0.650. The summed E-state index contributed by atoms with van der Waals surface area (Å²) in [6, 6.07) is 12.9. The molecule has 1 aromatic rings. The number of hydrogen-bond donors (Lipinski definition) is 1. The molecule has 126 valence electrons. The van der Waals surface area contributed by atoms with Crippen molar-refractivity contribution >= 4 is 0 Å². The van der Waals surface area contributed by atoms with Gasteiger partial charge in [0.25, 0.3) is 0 Å². The van der Waals surface area contributed by atoms with Crippen LogP contribution in [0.5, 0.6) is 0 Å². The van der Waals surface area contributed by atoms with Crippen molar-refractivity contribution in [1.29, 1.82) is 5.26 Å². The maximum atomic E-state index is 10.6. The van der Waals surface area contributed by atoms with E-state index in [1.807, 2.05) is 30.3 Å². The molecular weight excluding hydrogens is 284 g/mol. The van der Waals surface area contributed by atoms with E-state index in [1.54, 1.807) is 0 Å². The molecule has 3 heteroatoms. The summed E-state index contributed by atoms with van der Waals surface area (Å²) in [5.74, 6) is 0.602. The van der Waals surface area contributed by atoms with Crippen molar-refractivity contribution in [3.05, 3.63) is 35.9 Å². The van der Waals surface area contributed by atoms with Crippen LogP contribution in [0.15, 0.2) is 30.3 Å². The van der Waals surface area contributed by atoms with Crippen LogP contribution in [0.3, 0.4) is 0 Å². The highest BCUT2D eigenvalue weighted by Crippen LogP contribution is 2.38. The first kappa shape index (κ1) is 18.0. The molecule has 0 aromatic heterocycles. The van der Waals surface area contributed by atoms with E-state index in [0.29, 0.717) is 18.4 Å². The third-order valence-corrected chi connectivity index (χ3v) is 4.95. The Hall–Kier alpha value is -1.37. The van der Waals surface area contributed by atoms with Crippen molar-refractivity contribution in [3.8, 4) is 6.07 Å². The minimum absolute atomic E-state index is 0.602. The third-order valence-electron chi connectivity index (χ3n) is 4.95. The van der Waals surface area contributed by atoms with Crippen LogP contribution in [-0.4, -0.2) is 29.1 Å². The van der Waals surface area contributed by atoms with Gasteiger partial charge in [0.2, 0.25) is 0 Å². The van der Waals surface area contributed by atoms with Crippen LogP contribution in [-0.2, 0) is 5.60 Å². The molecule has 3 rings (SSSR count). The SMILES string of the molecule is CCC.N#CCC1CCC(N2CC(O)(c3ccccc3)C2)CC1. The van der Waals surface area contributed by atoms with E-state index in [1.165, 1.54) is 32.1 Å². The molecule has 1 aliphatic heterocycles. The highest BCUT2D eigenvalue weighted by molar-refractivity contribution is 5.26. The Balaban J connectivity index is 0.000000595. The predicted octanol–water partition coefficient (Wildman–Crippen LogP) is 4.08. The minimum atomic E-state index is -0.648. The van der Waals surface area contributed by atoms with Gasteiger partial charge in [0.05, 0.1) is 6.07 Å². The van der Waals surface area contributed by atoms with Gasteiger partial charge in [0.15, 0.2) is 0 Å². The second-order valence-corrected chi connectivity index (χ2v) is 7.05. The minimum Gasteiger partial charge on any atom is -0.382 e. The topological polar surface area (TPSA) is 47.3 Å². The van der Waals surface area contributed by atoms with E-state index in [9.17, 15) is 5.11 Å². The lowest BCUT2D eigenvalue weighted by Crippen LogP contribution is -2.62. The molecule has 1 saturated carbocycles. The number of benzene rings is 1. The van der Waals surface area contributed by atoms with Gasteiger partial charge in [0.1, 0.15) is 5.60 Å². The quantitative estimate of drug-likeness (QED) is 0.914. The second-order valence-electron chi connectivity index (χ2n) is 7.05. The summed E-state index contributed by atoms with van der Waals surface area (Å²) < 4.78 is 0. The van der Waals surface area contributed by atoms with Gasteiger partial charge < -0.3 is 5.11 Å². The summed E-state index contributed by atoms with van der Waals surface area (Å²) in [6.45, 7) is 5.76. The molecule has 0 radical (unpaired) electrons. The zero-order valence-corrected chi connectivity index (χ0v) is 14.5. The van der Waals surface area contributed by atoms with Crippen LogP contribution in [0.4, 0.5) is 0 Å². The lowest BCUT2D eigenvalue weighted by atomic mass is 9.79. The monoisotopic (exact) mass is 314 g/mol. The maximum absolute atomic E-state index is 10.6. The van der Waals surface area contributed by atoms with Gasteiger partial charge >= 0.3 is 0 Å². The van der Waals surface area contributed by atoms with Crippen LogP contribution in [0, 0.1) is 17.2 Å². The van der Waals surface area contributed by atoms with E-state index in [2.05, 4.69) is 24.8 Å². The first-order valence-electron chi connectivity index (χ1n) is 9.01. The lowest BCUT2D eigenvalue weighted by molar-refractivity contribution is -0.127. The molecule has 3 nitrogen and oxygen atoms in total. The van der Waals surface area contributed by atoms with Gasteiger partial charge in [-0.1, -0.05) is 50.6 Å². The molecule has 0 amide bonds. The van der Waals surface area contributed by atoms with Gasteiger partial charge in [-0.05, 0) is 37.2 Å². The first-order chi connectivity index (χ1) is 11.1. The number of nitriles is 1. The number of β-amino-alcohol motifs (C(OH)–C–C–N with tert-alkyl or cyclic N) is 1. The molecule has 0 bridgehead atoms. The van der Waals surface area contributed by atoms with E-state index < -0.39 is 5.60 Å². The zero-order valence-electron chi connectivity index (χ0n) is 14.5. The normalized spacial score (nSPS) is 26.3. The molecule has 1 aromatic carbocycles. The molecule has 0 atom stereocenters. The second kappa shape index (κ2) is 8.47.